The maximum atomic E-state index is 6.09. The van der Waals surface area contributed by atoms with Gasteiger partial charge in [0.05, 0.1) is 15.6 Å². The lowest BCUT2D eigenvalue weighted by Gasteiger charge is -2.05. The summed E-state index contributed by atoms with van der Waals surface area (Å²) in [4.78, 5) is 12.8. The Morgan fingerprint density at radius 2 is 2.00 bits per heavy atom. The molecule has 0 atom stereocenters. The summed E-state index contributed by atoms with van der Waals surface area (Å²) in [7, 11) is 0. The fraction of sp³-hybridized carbons (Fsp3) is 0.200. The first-order valence-corrected chi connectivity index (χ1v) is 8.01. The average Bonchev–Trinajstić information content (AvgIpc) is 3.06. The number of nitrogen functional groups attached to an aromatic ring is 2. The summed E-state index contributed by atoms with van der Waals surface area (Å²) < 4.78 is 2.89. The first-order valence-electron chi connectivity index (χ1n) is 7.19. The molecular formula is C15H15N7S. The Hall–Kier alpha value is -2.74. The van der Waals surface area contributed by atoms with Crippen LogP contribution in [0.3, 0.4) is 0 Å². The lowest BCUT2D eigenvalue weighted by molar-refractivity contribution is 0.548. The van der Waals surface area contributed by atoms with Crippen LogP contribution in [0, 0.1) is 0 Å². The van der Waals surface area contributed by atoms with Crippen molar-refractivity contribution in [3.05, 3.63) is 24.5 Å². The number of benzene rings is 1. The van der Waals surface area contributed by atoms with Crippen molar-refractivity contribution in [3.8, 4) is 11.3 Å². The second-order valence-corrected chi connectivity index (χ2v) is 6.64. The van der Waals surface area contributed by atoms with Gasteiger partial charge >= 0.3 is 0 Å². The van der Waals surface area contributed by atoms with Crippen LogP contribution in [0.15, 0.2) is 24.5 Å². The van der Waals surface area contributed by atoms with E-state index in [0.29, 0.717) is 10.9 Å². The minimum atomic E-state index is 0.170. The third-order valence-electron chi connectivity index (χ3n) is 3.69. The van der Waals surface area contributed by atoms with Crippen molar-refractivity contribution in [3.63, 3.8) is 0 Å². The molecule has 116 valence electrons. The van der Waals surface area contributed by atoms with E-state index in [1.165, 1.54) is 17.7 Å². The van der Waals surface area contributed by atoms with E-state index in [1.807, 2.05) is 22.9 Å². The largest absolute Gasteiger partial charge is 0.383 e. The number of rotatable bonds is 2. The first-order chi connectivity index (χ1) is 11.0. The highest BCUT2D eigenvalue weighted by Crippen LogP contribution is 2.34. The quantitative estimate of drug-likeness (QED) is 0.586. The van der Waals surface area contributed by atoms with E-state index in [2.05, 4.69) is 28.8 Å². The van der Waals surface area contributed by atoms with Crippen LogP contribution in [0.25, 0.3) is 32.5 Å². The number of anilines is 2. The maximum absolute atomic E-state index is 6.09. The van der Waals surface area contributed by atoms with Gasteiger partial charge in [-0.2, -0.15) is 5.10 Å². The van der Waals surface area contributed by atoms with Crippen LogP contribution in [0.1, 0.15) is 19.9 Å². The van der Waals surface area contributed by atoms with Crippen molar-refractivity contribution < 1.29 is 0 Å². The van der Waals surface area contributed by atoms with Gasteiger partial charge in [0.15, 0.2) is 10.8 Å². The Balaban J connectivity index is 2.03. The van der Waals surface area contributed by atoms with Gasteiger partial charge in [-0.1, -0.05) is 17.4 Å². The normalized spacial score (nSPS) is 11.8. The van der Waals surface area contributed by atoms with Gasteiger partial charge < -0.3 is 11.5 Å². The summed E-state index contributed by atoms with van der Waals surface area (Å²) in [6, 6.07) is 6.11. The molecule has 23 heavy (non-hydrogen) atoms. The zero-order chi connectivity index (χ0) is 16.1. The van der Waals surface area contributed by atoms with Gasteiger partial charge in [0.1, 0.15) is 17.8 Å². The fourth-order valence-corrected chi connectivity index (χ4v) is 3.42. The van der Waals surface area contributed by atoms with Gasteiger partial charge in [-0.3, -0.25) is 0 Å². The standard InChI is InChI=1S/C15H15N7S/c1-7(2)22-14-11(13(16)18-6-19-14)12(21-22)8-3-4-9-10(5-8)23-15(17)20-9/h3-7H,1-2H3,(H2,17,20)(H2,16,18,19). The zero-order valence-electron chi connectivity index (χ0n) is 12.7. The molecule has 4 N–H and O–H groups in total. The van der Waals surface area contributed by atoms with Crippen LogP contribution >= 0.6 is 11.3 Å². The SMILES string of the molecule is CC(C)n1nc(-c2ccc3nc(N)sc3c2)c2c(N)ncnc21. The first kappa shape index (κ1) is 13.9. The molecule has 0 amide bonds. The van der Waals surface area contributed by atoms with Crippen LogP contribution in [-0.4, -0.2) is 24.7 Å². The molecule has 8 heteroatoms. The van der Waals surface area contributed by atoms with E-state index in [9.17, 15) is 0 Å². The van der Waals surface area contributed by atoms with Crippen LogP contribution in [-0.2, 0) is 0 Å². The second kappa shape index (κ2) is 4.88. The summed E-state index contributed by atoms with van der Waals surface area (Å²) in [5, 5.41) is 6.05. The third-order valence-corrected chi connectivity index (χ3v) is 4.53. The molecule has 0 radical (unpaired) electrons. The van der Waals surface area contributed by atoms with Gasteiger partial charge in [-0.15, -0.1) is 0 Å². The number of nitrogens with zero attached hydrogens (tertiary/aromatic N) is 5. The average molecular weight is 325 g/mol. The van der Waals surface area contributed by atoms with Crippen molar-refractivity contribution >= 4 is 43.5 Å². The number of nitrogens with two attached hydrogens (primary N) is 2. The molecule has 4 rings (SSSR count). The molecule has 0 fully saturated rings. The topological polar surface area (TPSA) is 109 Å². The van der Waals surface area contributed by atoms with Crippen molar-refractivity contribution in [1.29, 1.82) is 0 Å². The van der Waals surface area contributed by atoms with Gasteiger partial charge in [-0.25, -0.2) is 19.6 Å². The van der Waals surface area contributed by atoms with Gasteiger partial charge in [0, 0.05) is 11.6 Å². The molecule has 0 aliphatic rings. The second-order valence-electron chi connectivity index (χ2n) is 5.58. The highest BCUT2D eigenvalue weighted by molar-refractivity contribution is 7.22. The summed E-state index contributed by atoms with van der Waals surface area (Å²) in [5.74, 6) is 0.431. The molecule has 0 spiro atoms. The molecule has 4 aromatic rings. The summed E-state index contributed by atoms with van der Waals surface area (Å²) >= 11 is 1.45. The van der Waals surface area contributed by atoms with Crippen molar-refractivity contribution in [2.24, 2.45) is 0 Å². The van der Waals surface area contributed by atoms with E-state index in [0.717, 1.165) is 32.5 Å². The molecule has 7 nitrogen and oxygen atoms in total. The van der Waals surface area contributed by atoms with Gasteiger partial charge in [-0.05, 0) is 26.0 Å². The maximum Gasteiger partial charge on any atom is 0.181 e. The van der Waals surface area contributed by atoms with E-state index in [4.69, 9.17) is 16.6 Å². The van der Waals surface area contributed by atoms with E-state index >= 15 is 0 Å². The molecule has 3 heterocycles. The molecule has 0 saturated carbocycles. The number of hydrogen-bond donors (Lipinski definition) is 2. The van der Waals surface area contributed by atoms with Crippen LogP contribution in [0.2, 0.25) is 0 Å². The van der Waals surface area contributed by atoms with Crippen LogP contribution in [0.4, 0.5) is 10.9 Å². The summed E-state index contributed by atoms with van der Waals surface area (Å²) in [5.41, 5.74) is 15.2. The smallest absolute Gasteiger partial charge is 0.181 e. The van der Waals surface area contributed by atoms with Gasteiger partial charge in [0.2, 0.25) is 0 Å². The Morgan fingerprint density at radius 3 is 2.78 bits per heavy atom. The number of fused-ring (bicyclic) bond motifs is 2. The monoisotopic (exact) mass is 325 g/mol. The van der Waals surface area contributed by atoms with Crippen LogP contribution in [0.5, 0.6) is 0 Å². The molecule has 0 saturated heterocycles. The Bertz CT molecular complexity index is 1030. The molecule has 0 aliphatic carbocycles. The van der Waals surface area contributed by atoms with E-state index in [1.54, 1.807) is 0 Å². The van der Waals surface area contributed by atoms with E-state index in [-0.39, 0.29) is 6.04 Å². The van der Waals surface area contributed by atoms with E-state index < -0.39 is 0 Å². The molecule has 0 bridgehead atoms. The Labute approximate surface area is 136 Å². The van der Waals surface area contributed by atoms with Crippen molar-refractivity contribution in [1.82, 2.24) is 24.7 Å². The minimum Gasteiger partial charge on any atom is -0.383 e. The fourth-order valence-electron chi connectivity index (χ4n) is 2.65. The lowest BCUT2D eigenvalue weighted by atomic mass is 10.1. The van der Waals surface area contributed by atoms with Gasteiger partial charge in [0.25, 0.3) is 0 Å². The molecule has 0 unspecified atom stereocenters. The summed E-state index contributed by atoms with van der Waals surface area (Å²) in [6.07, 6.45) is 1.47. The zero-order valence-corrected chi connectivity index (χ0v) is 13.5. The summed E-state index contributed by atoms with van der Waals surface area (Å²) in [6.45, 7) is 4.11. The predicted octanol–water partition coefficient (Wildman–Crippen LogP) is 2.85. The number of thiazole rings is 1. The highest BCUT2D eigenvalue weighted by atomic mass is 32.1. The number of aromatic nitrogens is 5. The lowest BCUT2D eigenvalue weighted by Crippen LogP contribution is -2.04. The molecular weight excluding hydrogens is 310 g/mol. The Morgan fingerprint density at radius 1 is 1.17 bits per heavy atom. The molecule has 3 aromatic heterocycles. The van der Waals surface area contributed by atoms with Crippen LogP contribution < -0.4 is 11.5 Å². The number of hydrogen-bond acceptors (Lipinski definition) is 7. The molecule has 1 aromatic carbocycles. The van der Waals surface area contributed by atoms with Crippen molar-refractivity contribution in [2.75, 3.05) is 11.5 Å². The predicted molar refractivity (Wildman–Crippen MR) is 93.1 cm³/mol. The highest BCUT2D eigenvalue weighted by Gasteiger charge is 2.18. The third kappa shape index (κ3) is 2.10. The minimum absolute atomic E-state index is 0.170. The Kier molecular flexibility index (Phi) is 2.95. The van der Waals surface area contributed by atoms with Crippen molar-refractivity contribution in [2.45, 2.75) is 19.9 Å². The molecule has 0 aliphatic heterocycles.